The normalized spacial score (nSPS) is 11.8. The number of nitrogens with one attached hydrogen (secondary N) is 2. The van der Waals surface area contributed by atoms with Gasteiger partial charge in [-0.3, -0.25) is 4.79 Å². The lowest BCUT2D eigenvalue weighted by molar-refractivity contribution is -0.115. The molecule has 2 aromatic rings. The number of anilines is 1. The molecular formula is C19H24N2O4S. The van der Waals surface area contributed by atoms with Crippen LogP contribution in [0.15, 0.2) is 53.4 Å². The zero-order valence-electron chi connectivity index (χ0n) is 15.4. The minimum Gasteiger partial charge on any atom is -0.495 e. The second-order valence-corrected chi connectivity index (χ2v) is 8.61. The van der Waals surface area contributed by atoms with Crippen LogP contribution in [0.4, 0.5) is 5.69 Å². The lowest BCUT2D eigenvalue weighted by atomic mass is 9.87. The van der Waals surface area contributed by atoms with Crippen LogP contribution < -0.4 is 14.8 Å². The SMILES string of the molecule is COc1ccccc1NC(=O)CNS(=O)(=O)c1ccc(C(C)(C)C)cc1. The smallest absolute Gasteiger partial charge is 0.241 e. The third-order valence-corrected chi connectivity index (χ3v) is 5.25. The van der Waals surface area contributed by atoms with Crippen LogP contribution in [-0.2, 0) is 20.2 Å². The Labute approximate surface area is 154 Å². The van der Waals surface area contributed by atoms with Gasteiger partial charge in [0.05, 0.1) is 24.2 Å². The first-order valence-electron chi connectivity index (χ1n) is 8.16. The molecule has 7 heteroatoms. The highest BCUT2D eigenvalue weighted by Gasteiger charge is 2.18. The molecule has 0 aliphatic rings. The molecule has 0 aliphatic carbocycles. The molecule has 0 aromatic heterocycles. The van der Waals surface area contributed by atoms with Crippen molar-refractivity contribution in [1.82, 2.24) is 4.72 Å². The summed E-state index contributed by atoms with van der Waals surface area (Å²) >= 11 is 0. The molecule has 2 rings (SSSR count). The number of carbonyl (C=O) groups excluding carboxylic acids is 1. The van der Waals surface area contributed by atoms with Crippen molar-refractivity contribution in [3.05, 3.63) is 54.1 Å². The van der Waals surface area contributed by atoms with Crippen molar-refractivity contribution < 1.29 is 17.9 Å². The monoisotopic (exact) mass is 376 g/mol. The quantitative estimate of drug-likeness (QED) is 0.812. The third-order valence-electron chi connectivity index (χ3n) is 3.83. The van der Waals surface area contributed by atoms with Crippen molar-refractivity contribution in [3.8, 4) is 5.75 Å². The van der Waals surface area contributed by atoms with Crippen molar-refractivity contribution in [2.75, 3.05) is 19.0 Å². The van der Waals surface area contributed by atoms with E-state index < -0.39 is 15.9 Å². The number of rotatable bonds is 6. The minimum atomic E-state index is -3.77. The van der Waals surface area contributed by atoms with Gasteiger partial charge in [0.15, 0.2) is 0 Å². The Morgan fingerprint density at radius 3 is 2.23 bits per heavy atom. The van der Waals surface area contributed by atoms with E-state index in [1.54, 1.807) is 48.5 Å². The third kappa shape index (κ3) is 5.06. The highest BCUT2D eigenvalue weighted by atomic mass is 32.2. The fraction of sp³-hybridized carbons (Fsp3) is 0.316. The van der Waals surface area contributed by atoms with E-state index in [1.165, 1.54) is 7.11 Å². The number of carbonyl (C=O) groups is 1. The first-order valence-corrected chi connectivity index (χ1v) is 9.65. The molecule has 0 bridgehead atoms. The summed E-state index contributed by atoms with van der Waals surface area (Å²) in [6, 6.07) is 13.6. The van der Waals surface area contributed by atoms with E-state index in [4.69, 9.17) is 4.74 Å². The summed E-state index contributed by atoms with van der Waals surface area (Å²) in [5.41, 5.74) is 1.45. The standard InChI is InChI=1S/C19H24N2O4S/c1-19(2,3)14-9-11-15(12-10-14)26(23,24)20-13-18(22)21-16-7-5-6-8-17(16)25-4/h5-12,20H,13H2,1-4H3,(H,21,22). The van der Waals surface area contributed by atoms with E-state index in [1.807, 2.05) is 0 Å². The molecule has 0 saturated heterocycles. The van der Waals surface area contributed by atoms with E-state index >= 15 is 0 Å². The predicted molar refractivity (Wildman–Crippen MR) is 102 cm³/mol. The van der Waals surface area contributed by atoms with Gasteiger partial charge in [0.25, 0.3) is 0 Å². The van der Waals surface area contributed by atoms with Gasteiger partial charge in [0.2, 0.25) is 15.9 Å². The van der Waals surface area contributed by atoms with Gasteiger partial charge in [-0.25, -0.2) is 13.1 Å². The molecule has 2 aromatic carbocycles. The molecule has 0 saturated carbocycles. The van der Waals surface area contributed by atoms with Crippen LogP contribution in [0, 0.1) is 0 Å². The van der Waals surface area contributed by atoms with Gasteiger partial charge in [-0.15, -0.1) is 0 Å². The fourth-order valence-corrected chi connectivity index (χ4v) is 3.30. The summed E-state index contributed by atoms with van der Waals surface area (Å²) in [5, 5.41) is 2.62. The van der Waals surface area contributed by atoms with Crippen molar-refractivity contribution in [2.45, 2.75) is 31.1 Å². The predicted octanol–water partition coefficient (Wildman–Crippen LogP) is 2.91. The number of methoxy groups -OCH3 is 1. The van der Waals surface area contributed by atoms with Crippen molar-refractivity contribution in [3.63, 3.8) is 0 Å². The average Bonchev–Trinajstić information content (AvgIpc) is 2.60. The molecule has 26 heavy (non-hydrogen) atoms. The zero-order valence-corrected chi connectivity index (χ0v) is 16.2. The van der Waals surface area contributed by atoms with E-state index in [0.29, 0.717) is 11.4 Å². The number of amides is 1. The number of ether oxygens (including phenoxy) is 1. The van der Waals surface area contributed by atoms with E-state index in [9.17, 15) is 13.2 Å². The molecule has 140 valence electrons. The van der Waals surface area contributed by atoms with Gasteiger partial charge < -0.3 is 10.1 Å². The molecule has 6 nitrogen and oxygen atoms in total. The van der Waals surface area contributed by atoms with Crippen LogP contribution >= 0.6 is 0 Å². The topological polar surface area (TPSA) is 84.5 Å². The Morgan fingerprint density at radius 2 is 1.65 bits per heavy atom. The number of sulfonamides is 1. The second kappa shape index (κ2) is 7.88. The van der Waals surface area contributed by atoms with Gasteiger partial charge in [-0.2, -0.15) is 0 Å². The van der Waals surface area contributed by atoms with Crippen LogP contribution in [0.25, 0.3) is 0 Å². The molecule has 0 radical (unpaired) electrons. The molecule has 1 amide bonds. The fourth-order valence-electron chi connectivity index (χ4n) is 2.32. The zero-order chi connectivity index (χ0) is 19.4. The summed E-state index contributed by atoms with van der Waals surface area (Å²) < 4.78 is 32.2. The Hall–Kier alpha value is -2.38. The first kappa shape index (κ1) is 19.9. The number of hydrogen-bond donors (Lipinski definition) is 2. The molecule has 0 atom stereocenters. The van der Waals surface area contributed by atoms with E-state index in [0.717, 1.165) is 5.56 Å². The highest BCUT2D eigenvalue weighted by Crippen LogP contribution is 2.24. The van der Waals surface area contributed by atoms with Gasteiger partial charge in [0, 0.05) is 0 Å². The van der Waals surface area contributed by atoms with Gasteiger partial charge in [0.1, 0.15) is 5.75 Å². The lowest BCUT2D eigenvalue weighted by Crippen LogP contribution is -2.33. The first-order chi connectivity index (χ1) is 12.1. The number of benzene rings is 2. The molecule has 0 aliphatic heterocycles. The maximum atomic E-state index is 12.4. The van der Waals surface area contributed by atoms with Crippen LogP contribution in [0.1, 0.15) is 26.3 Å². The summed E-state index contributed by atoms with van der Waals surface area (Å²) in [4.78, 5) is 12.2. The second-order valence-electron chi connectivity index (χ2n) is 6.85. The minimum absolute atomic E-state index is 0.0651. The van der Waals surface area contributed by atoms with Crippen LogP contribution in [0.3, 0.4) is 0 Å². The van der Waals surface area contributed by atoms with E-state index in [-0.39, 0.29) is 16.9 Å². The van der Waals surface area contributed by atoms with Crippen LogP contribution in [0.2, 0.25) is 0 Å². The van der Waals surface area contributed by atoms with Crippen molar-refractivity contribution in [1.29, 1.82) is 0 Å². The summed E-state index contributed by atoms with van der Waals surface area (Å²) in [7, 11) is -2.27. The molecule has 0 fully saturated rings. The Balaban J connectivity index is 2.02. The molecule has 2 N–H and O–H groups in total. The summed E-state index contributed by atoms with van der Waals surface area (Å²) in [6.45, 7) is 5.78. The van der Waals surface area contributed by atoms with Crippen LogP contribution in [0.5, 0.6) is 5.75 Å². The highest BCUT2D eigenvalue weighted by molar-refractivity contribution is 7.89. The molecule has 0 unspecified atom stereocenters. The lowest BCUT2D eigenvalue weighted by Gasteiger charge is -2.19. The Kier molecular flexibility index (Phi) is 6.05. The Bertz CT molecular complexity index is 869. The van der Waals surface area contributed by atoms with Crippen molar-refractivity contribution in [2.24, 2.45) is 0 Å². The van der Waals surface area contributed by atoms with Gasteiger partial charge >= 0.3 is 0 Å². The maximum Gasteiger partial charge on any atom is 0.241 e. The molecule has 0 spiro atoms. The van der Waals surface area contributed by atoms with Gasteiger partial charge in [-0.05, 0) is 35.2 Å². The van der Waals surface area contributed by atoms with Gasteiger partial charge in [-0.1, -0.05) is 45.0 Å². The van der Waals surface area contributed by atoms with Crippen LogP contribution in [-0.4, -0.2) is 28.0 Å². The number of para-hydroxylation sites is 2. The summed E-state index contributed by atoms with van der Waals surface area (Å²) in [5.74, 6) is 0.0193. The number of hydrogen-bond acceptors (Lipinski definition) is 4. The van der Waals surface area contributed by atoms with E-state index in [2.05, 4.69) is 30.8 Å². The maximum absolute atomic E-state index is 12.4. The average molecular weight is 376 g/mol. The summed E-state index contributed by atoms with van der Waals surface area (Å²) in [6.07, 6.45) is 0. The molecular weight excluding hydrogens is 352 g/mol. The molecule has 0 heterocycles. The van der Waals surface area contributed by atoms with Crippen molar-refractivity contribution >= 4 is 21.6 Å². The largest absolute Gasteiger partial charge is 0.495 e. The Morgan fingerprint density at radius 1 is 1.04 bits per heavy atom.